The van der Waals surface area contributed by atoms with Gasteiger partial charge < -0.3 is 14.2 Å². The zero-order chi connectivity index (χ0) is 57.8. The molecule has 0 aromatic heterocycles. The molecule has 0 aromatic carbocycles. The van der Waals surface area contributed by atoms with Gasteiger partial charge in [-0.25, -0.2) is 0 Å². The Kier molecular flexibility index (Phi) is 63.3. The number of rotatable bonds is 59. The van der Waals surface area contributed by atoms with E-state index < -0.39 is 6.10 Å². The molecule has 80 heavy (non-hydrogen) atoms. The van der Waals surface area contributed by atoms with Gasteiger partial charge in [0.05, 0.1) is 0 Å². The van der Waals surface area contributed by atoms with E-state index in [0.29, 0.717) is 19.3 Å². The van der Waals surface area contributed by atoms with Crippen molar-refractivity contribution in [2.75, 3.05) is 13.2 Å². The summed E-state index contributed by atoms with van der Waals surface area (Å²) < 4.78 is 16.8. The summed E-state index contributed by atoms with van der Waals surface area (Å²) in [5.74, 6) is -0.967. The SMILES string of the molecule is CC/C=C\C/C=C\C/C=C\C/C=C\C/C=C\C/C=C\C/C=C\CCCC(=O)OC(COC(=O)CCCCCCCC)COC(=O)CCCCCCCCCCCCCCCCCCCCCC/C=C\C/C=C\C/C=C\C/C=C\CC. The van der Waals surface area contributed by atoms with Crippen LogP contribution < -0.4 is 0 Å². The van der Waals surface area contributed by atoms with Crippen LogP contribution in [0.5, 0.6) is 0 Å². The molecule has 0 aromatic rings. The van der Waals surface area contributed by atoms with Crippen LogP contribution in [0.15, 0.2) is 134 Å². The van der Waals surface area contributed by atoms with Gasteiger partial charge in [0.25, 0.3) is 0 Å². The van der Waals surface area contributed by atoms with Gasteiger partial charge in [-0.15, -0.1) is 0 Å². The lowest BCUT2D eigenvalue weighted by Crippen LogP contribution is -2.30. The fourth-order valence-electron chi connectivity index (χ4n) is 9.01. The van der Waals surface area contributed by atoms with Crippen molar-refractivity contribution in [2.45, 2.75) is 303 Å². The molecule has 0 heterocycles. The van der Waals surface area contributed by atoms with E-state index in [1.54, 1.807) is 0 Å². The third kappa shape index (κ3) is 64.4. The van der Waals surface area contributed by atoms with Gasteiger partial charge in [0, 0.05) is 19.3 Å². The maximum Gasteiger partial charge on any atom is 0.306 e. The third-order valence-electron chi connectivity index (χ3n) is 13.9. The zero-order valence-corrected chi connectivity index (χ0v) is 52.0. The van der Waals surface area contributed by atoms with E-state index in [0.717, 1.165) is 116 Å². The predicted octanol–water partition coefficient (Wildman–Crippen LogP) is 22.9. The Bertz CT molecular complexity index is 1700. The lowest BCUT2D eigenvalue weighted by Gasteiger charge is -2.18. The number of carbonyl (C=O) groups excluding carboxylic acids is 3. The topological polar surface area (TPSA) is 78.9 Å². The van der Waals surface area contributed by atoms with Gasteiger partial charge in [-0.1, -0.05) is 302 Å². The van der Waals surface area contributed by atoms with Crippen LogP contribution in [0.3, 0.4) is 0 Å². The van der Waals surface area contributed by atoms with Crippen LogP contribution in [0.4, 0.5) is 0 Å². The Morgan fingerprint density at radius 2 is 0.500 bits per heavy atom. The van der Waals surface area contributed by atoms with Crippen molar-refractivity contribution in [3.05, 3.63) is 134 Å². The summed E-state index contributed by atoms with van der Waals surface area (Å²) in [7, 11) is 0. The molecule has 454 valence electrons. The van der Waals surface area contributed by atoms with Crippen LogP contribution in [0.2, 0.25) is 0 Å². The summed E-state index contributed by atoms with van der Waals surface area (Å²) in [6.45, 7) is 6.32. The van der Waals surface area contributed by atoms with Crippen molar-refractivity contribution in [3.63, 3.8) is 0 Å². The van der Waals surface area contributed by atoms with Crippen LogP contribution in [-0.4, -0.2) is 37.2 Å². The highest BCUT2D eigenvalue weighted by Crippen LogP contribution is 2.17. The fourth-order valence-corrected chi connectivity index (χ4v) is 9.01. The number of unbranched alkanes of at least 4 members (excludes halogenated alkanes) is 26. The largest absolute Gasteiger partial charge is 0.462 e. The van der Waals surface area contributed by atoms with Crippen molar-refractivity contribution in [1.29, 1.82) is 0 Å². The number of hydrogen-bond acceptors (Lipinski definition) is 6. The molecule has 0 aliphatic heterocycles. The molecule has 0 fully saturated rings. The summed E-state index contributed by atoms with van der Waals surface area (Å²) in [5, 5.41) is 0. The molecule has 0 bridgehead atoms. The number of ether oxygens (including phenoxy) is 3. The van der Waals surface area contributed by atoms with E-state index >= 15 is 0 Å². The highest BCUT2D eigenvalue weighted by atomic mass is 16.6. The Hall–Kier alpha value is -4.45. The van der Waals surface area contributed by atoms with Crippen LogP contribution in [0.25, 0.3) is 0 Å². The Balaban J connectivity index is 4.09. The summed E-state index contributed by atoms with van der Waals surface area (Å²) in [6.07, 6.45) is 95.2. The van der Waals surface area contributed by atoms with Crippen molar-refractivity contribution >= 4 is 17.9 Å². The van der Waals surface area contributed by atoms with Gasteiger partial charge >= 0.3 is 17.9 Å². The Labute approximate surface area is 494 Å². The summed E-state index contributed by atoms with van der Waals surface area (Å²) in [4.78, 5) is 38.0. The number of esters is 3. The molecular formula is C74H122O6. The first-order valence-electron chi connectivity index (χ1n) is 33.2. The molecule has 6 nitrogen and oxygen atoms in total. The van der Waals surface area contributed by atoms with Gasteiger partial charge in [0.1, 0.15) is 13.2 Å². The zero-order valence-electron chi connectivity index (χ0n) is 52.0. The van der Waals surface area contributed by atoms with Gasteiger partial charge in [-0.3, -0.25) is 14.4 Å². The summed E-state index contributed by atoms with van der Waals surface area (Å²) in [5.41, 5.74) is 0. The smallest absolute Gasteiger partial charge is 0.306 e. The molecule has 0 saturated carbocycles. The molecule has 1 atom stereocenters. The van der Waals surface area contributed by atoms with Crippen molar-refractivity contribution in [3.8, 4) is 0 Å². The average Bonchev–Trinajstić information content (AvgIpc) is 3.46. The van der Waals surface area contributed by atoms with Crippen molar-refractivity contribution in [2.24, 2.45) is 0 Å². The first-order chi connectivity index (χ1) is 39.5. The minimum atomic E-state index is -0.808. The standard InChI is InChI=1S/C74H122O6/c1-4-7-10-13-16-18-20-22-24-26-28-30-32-33-34-35-36-37-38-39-40-41-43-44-46-48-50-52-54-56-58-61-64-67-73(76)79-70-71(69-78-72(75)66-63-60-15-12-9-6-3)80-74(77)68-65-62-59-57-55-53-51-49-47-45-42-31-29-27-25-23-21-19-17-14-11-8-5-2/h7-8,10-11,16-19,22-25,28-31,45,47,51,53,57,59,71H,4-6,9,12-15,20-21,26-27,32-44,46,48-50,52,54-56,58,60-70H2,1-3H3/b10-7-,11-8-,18-16-,19-17-,24-22-,25-23-,30-28-,31-29-,47-45-,53-51-,59-57-. The highest BCUT2D eigenvalue weighted by molar-refractivity contribution is 5.71. The van der Waals surface area contributed by atoms with Crippen LogP contribution in [0, 0.1) is 0 Å². The molecule has 0 aliphatic carbocycles. The molecule has 0 rings (SSSR count). The second kappa shape index (κ2) is 67.1. The minimum Gasteiger partial charge on any atom is -0.462 e. The van der Waals surface area contributed by atoms with Crippen molar-refractivity contribution < 1.29 is 28.6 Å². The summed E-state index contributed by atoms with van der Waals surface area (Å²) >= 11 is 0. The average molecular weight is 1110 g/mol. The normalized spacial score (nSPS) is 13.0. The first-order valence-corrected chi connectivity index (χ1v) is 33.2. The first kappa shape index (κ1) is 75.5. The monoisotopic (exact) mass is 1110 g/mol. The molecule has 0 aliphatic rings. The number of allylic oxidation sites excluding steroid dienone is 22. The molecule has 0 amide bonds. The molecule has 1 unspecified atom stereocenters. The molecule has 6 heteroatoms. The van der Waals surface area contributed by atoms with E-state index in [9.17, 15) is 14.4 Å². The van der Waals surface area contributed by atoms with Crippen LogP contribution in [0.1, 0.15) is 297 Å². The number of carbonyl (C=O) groups is 3. The maximum atomic E-state index is 12.8. The van der Waals surface area contributed by atoms with Gasteiger partial charge in [0.15, 0.2) is 6.10 Å². The van der Waals surface area contributed by atoms with Crippen molar-refractivity contribution in [1.82, 2.24) is 0 Å². The molecule has 0 saturated heterocycles. The Morgan fingerprint density at radius 3 is 0.800 bits per heavy atom. The predicted molar refractivity (Wildman–Crippen MR) is 348 cm³/mol. The highest BCUT2D eigenvalue weighted by Gasteiger charge is 2.19. The van der Waals surface area contributed by atoms with Crippen LogP contribution in [-0.2, 0) is 28.6 Å². The summed E-state index contributed by atoms with van der Waals surface area (Å²) in [6, 6.07) is 0. The molecular weight excluding hydrogens is 985 g/mol. The van der Waals surface area contributed by atoms with E-state index in [-0.39, 0.29) is 37.5 Å². The second-order valence-electron chi connectivity index (χ2n) is 21.6. The van der Waals surface area contributed by atoms with Crippen LogP contribution >= 0.6 is 0 Å². The third-order valence-corrected chi connectivity index (χ3v) is 13.9. The minimum absolute atomic E-state index is 0.101. The molecule has 0 radical (unpaired) electrons. The number of hydrogen-bond donors (Lipinski definition) is 0. The Morgan fingerprint density at radius 1 is 0.263 bits per heavy atom. The second-order valence-corrected chi connectivity index (χ2v) is 21.6. The lowest BCUT2D eigenvalue weighted by atomic mass is 10.0. The van der Waals surface area contributed by atoms with Gasteiger partial charge in [-0.2, -0.15) is 0 Å². The quantitative estimate of drug-likeness (QED) is 0.0261. The molecule has 0 N–H and O–H groups in total. The van der Waals surface area contributed by atoms with E-state index in [1.165, 1.54) is 135 Å². The van der Waals surface area contributed by atoms with E-state index in [1.807, 2.05) is 0 Å². The van der Waals surface area contributed by atoms with E-state index in [4.69, 9.17) is 14.2 Å². The van der Waals surface area contributed by atoms with E-state index in [2.05, 4.69) is 154 Å². The molecule has 0 spiro atoms. The fraction of sp³-hybridized carbons (Fsp3) is 0.662. The maximum absolute atomic E-state index is 12.8. The lowest BCUT2D eigenvalue weighted by molar-refractivity contribution is -0.167. The van der Waals surface area contributed by atoms with Gasteiger partial charge in [0.2, 0.25) is 0 Å². The van der Waals surface area contributed by atoms with Gasteiger partial charge in [-0.05, 0) is 109 Å².